The standard InChI is InChI=1S/C10H13Cl3Si/c1-6(2)10-7-3-4-8(10)9(5-7)14(11,12)13/h3-4,7-9H,5H2,1-2H3. The Morgan fingerprint density at radius 2 is 1.93 bits per heavy atom. The Morgan fingerprint density at radius 1 is 1.29 bits per heavy atom. The molecule has 4 heteroatoms. The second-order valence-corrected chi connectivity index (χ2v) is 13.3. The Kier molecular flexibility index (Phi) is 2.81. The van der Waals surface area contributed by atoms with Gasteiger partial charge in [-0.3, -0.25) is 0 Å². The minimum Gasteiger partial charge on any atom is -0.126 e. The van der Waals surface area contributed by atoms with E-state index in [4.69, 9.17) is 33.2 Å². The summed E-state index contributed by atoms with van der Waals surface area (Å²) in [5.74, 6) is 0.974. The van der Waals surface area contributed by atoms with Crippen LogP contribution >= 0.6 is 33.2 Å². The molecule has 0 aromatic rings. The Bertz CT molecular complexity index is 310. The molecule has 0 N–H and O–H groups in total. The summed E-state index contributed by atoms with van der Waals surface area (Å²) < 4.78 is 0. The van der Waals surface area contributed by atoms with Gasteiger partial charge in [-0.05, 0) is 26.2 Å². The van der Waals surface area contributed by atoms with E-state index >= 15 is 0 Å². The predicted octanol–water partition coefficient (Wildman–Crippen LogP) is 4.55. The number of hydrogen-bond acceptors (Lipinski definition) is 0. The van der Waals surface area contributed by atoms with E-state index in [1.807, 2.05) is 0 Å². The van der Waals surface area contributed by atoms with Gasteiger partial charge in [0, 0.05) is 11.5 Å². The molecule has 0 aromatic carbocycles. The van der Waals surface area contributed by atoms with Crippen molar-refractivity contribution in [2.45, 2.75) is 25.8 Å². The molecular weight excluding hydrogens is 255 g/mol. The first-order valence-corrected chi connectivity index (χ1v) is 9.95. The van der Waals surface area contributed by atoms with Crippen LogP contribution in [0.1, 0.15) is 20.3 Å². The van der Waals surface area contributed by atoms with Crippen LogP contribution in [0.3, 0.4) is 0 Å². The quantitative estimate of drug-likeness (QED) is 0.371. The van der Waals surface area contributed by atoms with Gasteiger partial charge >= 0.3 is 6.00 Å². The molecule has 2 rings (SSSR count). The van der Waals surface area contributed by atoms with Crippen molar-refractivity contribution in [2.24, 2.45) is 11.8 Å². The number of halogens is 3. The van der Waals surface area contributed by atoms with Crippen LogP contribution in [0.5, 0.6) is 0 Å². The van der Waals surface area contributed by atoms with E-state index in [0.29, 0.717) is 17.4 Å². The lowest BCUT2D eigenvalue weighted by molar-refractivity contribution is 0.696. The van der Waals surface area contributed by atoms with Crippen molar-refractivity contribution in [1.82, 2.24) is 0 Å². The van der Waals surface area contributed by atoms with Crippen LogP contribution < -0.4 is 0 Å². The highest BCUT2D eigenvalue weighted by atomic mass is 35.8. The Balaban J connectivity index is 2.33. The van der Waals surface area contributed by atoms with Crippen molar-refractivity contribution in [2.75, 3.05) is 0 Å². The maximum Gasteiger partial charge on any atom is 0.345 e. The van der Waals surface area contributed by atoms with Crippen molar-refractivity contribution < 1.29 is 0 Å². The van der Waals surface area contributed by atoms with E-state index in [1.165, 1.54) is 11.1 Å². The third-order valence-electron chi connectivity index (χ3n) is 3.25. The third kappa shape index (κ3) is 1.69. The predicted molar refractivity (Wildman–Crippen MR) is 66.2 cm³/mol. The van der Waals surface area contributed by atoms with Gasteiger partial charge in [-0.15, -0.1) is 33.2 Å². The zero-order valence-electron chi connectivity index (χ0n) is 8.23. The van der Waals surface area contributed by atoms with Gasteiger partial charge in [0.15, 0.2) is 0 Å². The van der Waals surface area contributed by atoms with Gasteiger partial charge < -0.3 is 0 Å². The highest BCUT2D eigenvalue weighted by Crippen LogP contribution is 2.58. The van der Waals surface area contributed by atoms with Crippen LogP contribution in [0.2, 0.25) is 5.54 Å². The second-order valence-electron chi connectivity index (χ2n) is 4.36. The summed E-state index contributed by atoms with van der Waals surface area (Å²) in [5, 5.41) is 0. The molecule has 2 aliphatic rings. The zero-order chi connectivity index (χ0) is 10.5. The molecule has 14 heavy (non-hydrogen) atoms. The molecule has 3 unspecified atom stereocenters. The maximum atomic E-state index is 6.12. The number of rotatable bonds is 1. The van der Waals surface area contributed by atoms with Crippen LogP contribution in [-0.4, -0.2) is 6.00 Å². The average Bonchev–Trinajstić information content (AvgIpc) is 2.57. The SMILES string of the molecule is CC(C)=C1C2C=CC1C([Si](Cl)(Cl)Cl)C2. The van der Waals surface area contributed by atoms with E-state index in [2.05, 4.69) is 26.0 Å². The van der Waals surface area contributed by atoms with E-state index in [-0.39, 0.29) is 0 Å². The van der Waals surface area contributed by atoms with Crippen LogP contribution in [0.15, 0.2) is 23.3 Å². The Labute approximate surface area is 100 Å². The first kappa shape index (κ1) is 11.1. The molecule has 3 atom stereocenters. The highest BCUT2D eigenvalue weighted by molar-refractivity contribution is 7.65. The van der Waals surface area contributed by atoms with Crippen molar-refractivity contribution in [3.63, 3.8) is 0 Å². The van der Waals surface area contributed by atoms with Gasteiger partial charge in [0.1, 0.15) is 0 Å². The summed E-state index contributed by atoms with van der Waals surface area (Å²) >= 11 is 18.4. The summed E-state index contributed by atoms with van der Waals surface area (Å²) in [4.78, 5) is 0. The lowest BCUT2D eigenvalue weighted by atomic mass is 10.00. The van der Waals surface area contributed by atoms with Crippen molar-refractivity contribution in [3.05, 3.63) is 23.3 Å². The van der Waals surface area contributed by atoms with E-state index in [1.54, 1.807) is 0 Å². The van der Waals surface area contributed by atoms with Crippen LogP contribution in [0.4, 0.5) is 0 Å². The average molecular weight is 268 g/mol. The molecule has 0 spiro atoms. The first-order valence-electron chi connectivity index (χ1n) is 4.83. The van der Waals surface area contributed by atoms with Gasteiger partial charge in [-0.1, -0.05) is 23.3 Å². The van der Waals surface area contributed by atoms with Crippen LogP contribution in [0, 0.1) is 11.8 Å². The largest absolute Gasteiger partial charge is 0.345 e. The maximum absolute atomic E-state index is 6.12. The van der Waals surface area contributed by atoms with Crippen molar-refractivity contribution >= 4 is 39.2 Å². The fourth-order valence-electron chi connectivity index (χ4n) is 2.73. The smallest absolute Gasteiger partial charge is 0.126 e. The van der Waals surface area contributed by atoms with Gasteiger partial charge in [0.25, 0.3) is 0 Å². The highest BCUT2D eigenvalue weighted by Gasteiger charge is 2.51. The first-order chi connectivity index (χ1) is 6.41. The lowest BCUT2D eigenvalue weighted by Crippen LogP contribution is -2.23. The van der Waals surface area contributed by atoms with Gasteiger partial charge in [-0.25, -0.2) is 0 Å². The van der Waals surface area contributed by atoms with Crippen molar-refractivity contribution in [1.29, 1.82) is 0 Å². The summed E-state index contributed by atoms with van der Waals surface area (Å²) in [6.45, 7) is 4.31. The molecule has 2 bridgehead atoms. The number of fused-ring (bicyclic) bond motifs is 2. The molecule has 0 nitrogen and oxygen atoms in total. The van der Waals surface area contributed by atoms with Gasteiger partial charge in [0.05, 0.1) is 0 Å². The molecule has 0 heterocycles. The van der Waals surface area contributed by atoms with E-state index in [0.717, 1.165) is 6.42 Å². The second kappa shape index (κ2) is 3.55. The molecule has 0 aliphatic heterocycles. The molecule has 1 fully saturated rings. The van der Waals surface area contributed by atoms with Gasteiger partial charge in [0.2, 0.25) is 0 Å². The summed E-state index contributed by atoms with van der Waals surface area (Å²) in [5.41, 5.74) is 3.21. The molecule has 0 amide bonds. The monoisotopic (exact) mass is 266 g/mol. The molecule has 78 valence electrons. The van der Waals surface area contributed by atoms with Crippen LogP contribution in [0.25, 0.3) is 0 Å². The molecular formula is C10H13Cl3Si. The van der Waals surface area contributed by atoms with E-state index in [9.17, 15) is 0 Å². The normalized spacial score (nSPS) is 35.5. The zero-order valence-corrected chi connectivity index (χ0v) is 11.5. The summed E-state index contributed by atoms with van der Waals surface area (Å²) in [7, 11) is 0. The number of allylic oxidation sites excluding steroid dienone is 4. The topological polar surface area (TPSA) is 0 Å². The molecule has 2 aliphatic carbocycles. The van der Waals surface area contributed by atoms with E-state index < -0.39 is 6.00 Å². The van der Waals surface area contributed by atoms with Gasteiger partial charge in [-0.2, -0.15) is 0 Å². The fourth-order valence-corrected chi connectivity index (χ4v) is 5.97. The summed E-state index contributed by atoms with van der Waals surface area (Å²) in [6.07, 6.45) is 5.55. The minimum atomic E-state index is -2.53. The Hall–Kier alpha value is 0.567. The number of hydrogen-bond donors (Lipinski definition) is 0. The third-order valence-corrected chi connectivity index (χ3v) is 7.21. The van der Waals surface area contributed by atoms with Crippen molar-refractivity contribution in [3.8, 4) is 0 Å². The van der Waals surface area contributed by atoms with Crippen LogP contribution in [-0.2, 0) is 0 Å². The molecule has 0 aromatic heterocycles. The Morgan fingerprint density at radius 3 is 2.29 bits per heavy atom. The molecule has 0 saturated heterocycles. The fraction of sp³-hybridized carbons (Fsp3) is 0.600. The molecule has 1 saturated carbocycles. The summed E-state index contributed by atoms with van der Waals surface area (Å²) in [6, 6.07) is -2.53. The minimum absolute atomic E-state index is 0.299. The molecule has 0 radical (unpaired) electrons. The lowest BCUT2D eigenvalue weighted by Gasteiger charge is -2.23.